The van der Waals surface area contributed by atoms with Crippen LogP contribution in [0, 0.1) is 17.3 Å². The molecule has 0 radical (unpaired) electrons. The van der Waals surface area contributed by atoms with E-state index in [0.717, 1.165) is 5.56 Å². The predicted molar refractivity (Wildman–Crippen MR) is 152 cm³/mol. The lowest BCUT2D eigenvalue weighted by Gasteiger charge is -2.41. The van der Waals surface area contributed by atoms with E-state index < -0.39 is 17.5 Å². The summed E-state index contributed by atoms with van der Waals surface area (Å²) >= 11 is 0. The van der Waals surface area contributed by atoms with Crippen molar-refractivity contribution in [1.29, 1.82) is 0 Å². The smallest absolute Gasteiger partial charge is 0.245 e. The lowest BCUT2D eigenvalue weighted by molar-refractivity contribution is -0.141. The Bertz CT molecular complexity index is 1080. The van der Waals surface area contributed by atoms with Crippen LogP contribution in [0.15, 0.2) is 42.5 Å². The van der Waals surface area contributed by atoms with E-state index in [2.05, 4.69) is 28.1 Å². The summed E-state index contributed by atoms with van der Waals surface area (Å²) in [6.07, 6.45) is 7.67. The Hall–Kier alpha value is -3.20. The number of fused-ring (bicyclic) bond motifs is 1. The van der Waals surface area contributed by atoms with Crippen molar-refractivity contribution < 1.29 is 23.9 Å². The number of ether oxygens (including phenoxy) is 1. The van der Waals surface area contributed by atoms with Crippen molar-refractivity contribution in [2.75, 3.05) is 26.3 Å². The first-order valence-corrected chi connectivity index (χ1v) is 14.6. The van der Waals surface area contributed by atoms with Gasteiger partial charge in [-0.2, -0.15) is 0 Å². The van der Waals surface area contributed by atoms with Gasteiger partial charge < -0.3 is 25.6 Å². The summed E-state index contributed by atoms with van der Waals surface area (Å²) in [4.78, 5) is 54.5. The molecule has 0 unspecified atom stereocenters. The number of hydrogen-bond donors (Lipinski definition) is 3. The molecule has 0 aliphatic carbocycles. The van der Waals surface area contributed by atoms with Crippen LogP contribution in [0.1, 0.15) is 58.4 Å². The van der Waals surface area contributed by atoms with Crippen molar-refractivity contribution in [2.45, 2.75) is 77.4 Å². The zero-order valence-electron chi connectivity index (χ0n) is 24.0. The fraction of sp³-hybridized carbons (Fsp3) is 0.613. The monoisotopic (exact) mass is 552 g/mol. The Morgan fingerprint density at radius 2 is 1.82 bits per heavy atom. The highest BCUT2D eigenvalue weighted by atomic mass is 16.5. The zero-order valence-corrected chi connectivity index (χ0v) is 24.0. The van der Waals surface area contributed by atoms with Gasteiger partial charge in [-0.1, -0.05) is 56.3 Å². The standard InChI is InChI=1S/C31H44N4O5/c1-21(2)27(32-22(3)36)29(38)35-16-12-25-24(20-35)11-7-8-13-31(14-17-40-18-15-31)30(39)34-26(28(37)33-25)19-23-9-5-4-6-10-23/h4-10,21,24-27H,11-20H2,1-3H3,(H,32,36)(H,33,37)(H,34,39)/b8-7+/t24-,25+,26+,27+/m0/s1. The van der Waals surface area contributed by atoms with Crippen LogP contribution in [-0.4, -0.2) is 73.0 Å². The SMILES string of the molecule is CC(=O)N[C@@H](C(=O)N1CC[C@H]2NC(=O)[C@@H](Cc3ccccc3)NC(=O)C3(C/C=C/C[C@H]2C1)CCOCC3)C(C)C. The summed E-state index contributed by atoms with van der Waals surface area (Å²) in [6, 6.07) is 8.32. The van der Waals surface area contributed by atoms with Crippen LogP contribution in [-0.2, 0) is 30.3 Å². The maximum absolute atomic E-state index is 13.7. The van der Waals surface area contributed by atoms with Crippen molar-refractivity contribution in [3.05, 3.63) is 48.0 Å². The number of rotatable bonds is 5. The van der Waals surface area contributed by atoms with Gasteiger partial charge in [0.15, 0.2) is 0 Å². The first-order valence-electron chi connectivity index (χ1n) is 14.6. The molecule has 1 aromatic rings. The normalized spacial score (nSPS) is 26.9. The third kappa shape index (κ3) is 7.30. The predicted octanol–water partition coefficient (Wildman–Crippen LogP) is 2.35. The number of allylic oxidation sites excluding steroid dienone is 2. The van der Waals surface area contributed by atoms with Gasteiger partial charge >= 0.3 is 0 Å². The third-order valence-electron chi connectivity index (χ3n) is 8.61. The van der Waals surface area contributed by atoms with Crippen LogP contribution < -0.4 is 16.0 Å². The lowest BCUT2D eigenvalue weighted by Crippen LogP contribution is -2.60. The molecule has 3 heterocycles. The first-order chi connectivity index (χ1) is 19.2. The highest BCUT2D eigenvalue weighted by Crippen LogP contribution is 2.36. The Morgan fingerprint density at radius 3 is 2.50 bits per heavy atom. The summed E-state index contributed by atoms with van der Waals surface area (Å²) in [5.74, 6) is -0.620. The molecule has 218 valence electrons. The highest BCUT2D eigenvalue weighted by Gasteiger charge is 2.42. The molecule has 3 aliphatic heterocycles. The largest absolute Gasteiger partial charge is 0.381 e. The summed E-state index contributed by atoms with van der Waals surface area (Å²) in [5, 5.41) is 9.17. The molecule has 2 fully saturated rings. The van der Waals surface area contributed by atoms with Crippen LogP contribution in [0.4, 0.5) is 0 Å². The van der Waals surface area contributed by atoms with Gasteiger partial charge in [0.2, 0.25) is 23.6 Å². The molecule has 3 aliphatic rings. The average Bonchev–Trinajstić information content (AvgIpc) is 2.94. The second-order valence-corrected chi connectivity index (χ2v) is 11.9. The van der Waals surface area contributed by atoms with Gasteiger partial charge in [0.25, 0.3) is 0 Å². The van der Waals surface area contributed by atoms with E-state index in [1.165, 1.54) is 6.92 Å². The summed E-state index contributed by atoms with van der Waals surface area (Å²) < 4.78 is 5.58. The van der Waals surface area contributed by atoms with Crippen LogP contribution in [0.25, 0.3) is 0 Å². The molecule has 3 N–H and O–H groups in total. The van der Waals surface area contributed by atoms with E-state index in [4.69, 9.17) is 4.74 Å². The van der Waals surface area contributed by atoms with E-state index >= 15 is 0 Å². The number of hydrogen-bond acceptors (Lipinski definition) is 5. The minimum atomic E-state index is -0.705. The maximum atomic E-state index is 13.7. The highest BCUT2D eigenvalue weighted by molar-refractivity contribution is 5.91. The van der Waals surface area contributed by atoms with E-state index in [1.54, 1.807) is 0 Å². The van der Waals surface area contributed by atoms with Crippen LogP contribution in [0.2, 0.25) is 0 Å². The number of carbonyl (C=O) groups is 4. The third-order valence-corrected chi connectivity index (χ3v) is 8.61. The molecule has 9 heteroatoms. The molecular formula is C31H44N4O5. The lowest BCUT2D eigenvalue weighted by atomic mass is 9.75. The molecule has 0 aromatic heterocycles. The number of carbonyl (C=O) groups excluding carboxylic acids is 4. The quantitative estimate of drug-likeness (QED) is 0.485. The van der Waals surface area contributed by atoms with Crippen molar-refractivity contribution in [2.24, 2.45) is 17.3 Å². The van der Waals surface area contributed by atoms with Crippen LogP contribution >= 0.6 is 0 Å². The van der Waals surface area contributed by atoms with Gasteiger partial charge in [-0.25, -0.2) is 0 Å². The summed E-state index contributed by atoms with van der Waals surface area (Å²) in [6.45, 7) is 7.30. The second-order valence-electron chi connectivity index (χ2n) is 11.9. The molecule has 2 saturated heterocycles. The summed E-state index contributed by atoms with van der Waals surface area (Å²) in [5.41, 5.74) is 0.366. The molecule has 1 spiro atoms. The number of nitrogens with one attached hydrogen (secondary N) is 3. The molecule has 0 saturated carbocycles. The minimum Gasteiger partial charge on any atom is -0.381 e. The second kappa shape index (κ2) is 13.4. The van der Waals surface area contributed by atoms with Gasteiger partial charge in [0.05, 0.1) is 5.41 Å². The molecule has 40 heavy (non-hydrogen) atoms. The van der Waals surface area contributed by atoms with Gasteiger partial charge in [-0.05, 0) is 43.6 Å². The van der Waals surface area contributed by atoms with Crippen molar-refractivity contribution in [3.8, 4) is 0 Å². The molecule has 0 bridgehead atoms. The Balaban J connectivity index is 1.58. The minimum absolute atomic E-state index is 0.0150. The number of benzene rings is 1. The Kier molecular flexibility index (Phi) is 10.0. The molecule has 1 aromatic carbocycles. The van der Waals surface area contributed by atoms with Gasteiger partial charge in [-0.15, -0.1) is 0 Å². The molecule has 9 nitrogen and oxygen atoms in total. The Labute approximate surface area is 237 Å². The fourth-order valence-electron chi connectivity index (χ4n) is 6.11. The van der Waals surface area contributed by atoms with Crippen LogP contribution in [0.5, 0.6) is 0 Å². The van der Waals surface area contributed by atoms with Gasteiger partial charge in [-0.3, -0.25) is 19.2 Å². The number of piperidine rings is 1. The number of likely N-dealkylation sites (tertiary alicyclic amines) is 1. The van der Waals surface area contributed by atoms with Crippen molar-refractivity contribution in [1.82, 2.24) is 20.9 Å². The molecule has 4 rings (SSSR count). The first kappa shape index (κ1) is 29.8. The van der Waals surface area contributed by atoms with Crippen LogP contribution in [0.3, 0.4) is 0 Å². The van der Waals surface area contributed by atoms with Gasteiger partial charge in [0, 0.05) is 51.6 Å². The van der Waals surface area contributed by atoms with Crippen molar-refractivity contribution >= 4 is 23.6 Å². The zero-order chi connectivity index (χ0) is 28.7. The topological polar surface area (TPSA) is 117 Å². The number of amides is 4. The van der Waals surface area contributed by atoms with E-state index in [-0.39, 0.29) is 41.5 Å². The number of nitrogens with zero attached hydrogens (tertiary/aromatic N) is 1. The van der Waals surface area contributed by atoms with Crippen molar-refractivity contribution in [3.63, 3.8) is 0 Å². The van der Waals surface area contributed by atoms with E-state index in [0.29, 0.717) is 64.8 Å². The summed E-state index contributed by atoms with van der Waals surface area (Å²) in [7, 11) is 0. The molecular weight excluding hydrogens is 508 g/mol. The average molecular weight is 553 g/mol. The molecule has 4 amide bonds. The van der Waals surface area contributed by atoms with Gasteiger partial charge in [0.1, 0.15) is 12.1 Å². The molecule has 4 atom stereocenters. The van der Waals surface area contributed by atoms with E-state index in [9.17, 15) is 19.2 Å². The maximum Gasteiger partial charge on any atom is 0.245 e. The Morgan fingerprint density at radius 1 is 1.10 bits per heavy atom. The fourth-order valence-corrected chi connectivity index (χ4v) is 6.11. The van der Waals surface area contributed by atoms with E-state index in [1.807, 2.05) is 49.1 Å².